The predicted molar refractivity (Wildman–Crippen MR) is 58.9 cm³/mol. The summed E-state index contributed by atoms with van der Waals surface area (Å²) in [5.74, 6) is 1.58. The molecule has 0 saturated carbocycles. The fourth-order valence-electron chi connectivity index (χ4n) is 1.94. The Hall–Kier alpha value is -1.36. The topological polar surface area (TPSA) is 58.4 Å². The first-order chi connectivity index (χ1) is 7.72. The van der Waals surface area contributed by atoms with Crippen molar-refractivity contribution in [3.8, 4) is 0 Å². The predicted octanol–water partition coefficient (Wildman–Crippen LogP) is 0.730. The van der Waals surface area contributed by atoms with Crippen LogP contribution in [0.25, 0.3) is 0 Å². The molecule has 1 aromatic heterocycles. The maximum absolute atomic E-state index is 11.5. The number of hydrogen-bond acceptors (Lipinski definition) is 4. The Labute approximate surface area is 94.8 Å². The van der Waals surface area contributed by atoms with Crippen LogP contribution in [-0.2, 0) is 11.2 Å². The summed E-state index contributed by atoms with van der Waals surface area (Å²) in [5.41, 5.74) is 0. The van der Waals surface area contributed by atoms with Crippen LogP contribution in [0.15, 0.2) is 10.6 Å². The van der Waals surface area contributed by atoms with Crippen LogP contribution >= 0.6 is 0 Å². The molecule has 1 unspecified atom stereocenters. The molecule has 1 amide bonds. The van der Waals surface area contributed by atoms with Gasteiger partial charge in [-0.2, -0.15) is 0 Å². The molecular formula is C11H17N3O2. The highest BCUT2D eigenvalue weighted by molar-refractivity contribution is 5.73. The third kappa shape index (κ3) is 2.09. The molecular weight excluding hydrogens is 206 g/mol. The quantitative estimate of drug-likeness (QED) is 0.803. The van der Waals surface area contributed by atoms with Gasteiger partial charge in [0.2, 0.25) is 11.8 Å². The Balaban J connectivity index is 2.19. The second-order valence-electron chi connectivity index (χ2n) is 3.95. The van der Waals surface area contributed by atoms with Gasteiger partial charge in [-0.1, -0.05) is 6.92 Å². The number of hydrogen-bond donors (Lipinski definition) is 1. The largest absolute Gasteiger partial charge is 0.443 e. The van der Waals surface area contributed by atoms with Gasteiger partial charge >= 0.3 is 0 Å². The fourth-order valence-corrected chi connectivity index (χ4v) is 1.94. The Morgan fingerprint density at radius 3 is 3.19 bits per heavy atom. The molecule has 1 fully saturated rings. The molecule has 1 aliphatic heterocycles. The Morgan fingerprint density at radius 2 is 2.56 bits per heavy atom. The van der Waals surface area contributed by atoms with Crippen LogP contribution in [0.2, 0.25) is 0 Å². The molecule has 0 bridgehead atoms. The lowest BCUT2D eigenvalue weighted by atomic mass is 10.2. The van der Waals surface area contributed by atoms with E-state index in [1.165, 1.54) is 0 Å². The van der Waals surface area contributed by atoms with E-state index < -0.39 is 0 Å². The van der Waals surface area contributed by atoms with Gasteiger partial charge in [-0.05, 0) is 0 Å². The van der Waals surface area contributed by atoms with E-state index in [-0.39, 0.29) is 11.9 Å². The summed E-state index contributed by atoms with van der Waals surface area (Å²) in [7, 11) is 0. The number of aryl methyl sites for hydroxylation is 1. The minimum Gasteiger partial charge on any atom is -0.443 e. The number of carbonyl (C=O) groups is 1. The molecule has 1 N–H and O–H groups in total. The number of nitrogens with zero attached hydrogens (tertiary/aromatic N) is 2. The Kier molecular flexibility index (Phi) is 3.24. The first-order valence-corrected chi connectivity index (χ1v) is 5.65. The van der Waals surface area contributed by atoms with Crippen molar-refractivity contribution in [2.45, 2.75) is 26.3 Å². The van der Waals surface area contributed by atoms with Crippen molar-refractivity contribution in [3.63, 3.8) is 0 Å². The van der Waals surface area contributed by atoms with E-state index in [1.54, 1.807) is 13.1 Å². The van der Waals surface area contributed by atoms with Gasteiger partial charge in [-0.15, -0.1) is 0 Å². The summed E-state index contributed by atoms with van der Waals surface area (Å²) in [4.78, 5) is 17.5. The van der Waals surface area contributed by atoms with Crippen LogP contribution in [-0.4, -0.2) is 35.4 Å². The molecule has 0 radical (unpaired) electrons. The molecule has 16 heavy (non-hydrogen) atoms. The third-order valence-corrected chi connectivity index (χ3v) is 2.85. The zero-order chi connectivity index (χ0) is 11.5. The molecule has 88 valence electrons. The molecule has 5 nitrogen and oxygen atoms in total. The van der Waals surface area contributed by atoms with Crippen LogP contribution in [0.3, 0.4) is 0 Å². The molecule has 0 aromatic carbocycles. The van der Waals surface area contributed by atoms with E-state index in [4.69, 9.17) is 4.42 Å². The summed E-state index contributed by atoms with van der Waals surface area (Å²) in [6.45, 7) is 5.86. The number of piperazine rings is 1. The van der Waals surface area contributed by atoms with Crippen LogP contribution in [0.1, 0.15) is 31.5 Å². The summed E-state index contributed by atoms with van der Waals surface area (Å²) in [6.07, 6.45) is 2.56. The molecule has 1 saturated heterocycles. The van der Waals surface area contributed by atoms with E-state index in [9.17, 15) is 4.79 Å². The zero-order valence-corrected chi connectivity index (χ0v) is 9.69. The molecule has 2 rings (SSSR count). The minimum absolute atomic E-state index is 0.0634. The monoisotopic (exact) mass is 223 g/mol. The average molecular weight is 223 g/mol. The second-order valence-corrected chi connectivity index (χ2v) is 3.95. The fraction of sp³-hybridized carbons (Fsp3) is 0.636. The lowest BCUT2D eigenvalue weighted by Crippen LogP contribution is -2.48. The Bertz CT molecular complexity index is 375. The van der Waals surface area contributed by atoms with E-state index in [0.29, 0.717) is 19.0 Å². The maximum Gasteiger partial charge on any atom is 0.220 e. The van der Waals surface area contributed by atoms with Crippen LogP contribution in [0, 0.1) is 0 Å². The summed E-state index contributed by atoms with van der Waals surface area (Å²) < 4.78 is 5.61. The summed E-state index contributed by atoms with van der Waals surface area (Å²) in [6, 6.07) is -0.0634. The Morgan fingerprint density at radius 1 is 1.75 bits per heavy atom. The normalized spacial score (nSPS) is 21.1. The average Bonchev–Trinajstić information content (AvgIpc) is 2.77. The molecule has 5 heteroatoms. The van der Waals surface area contributed by atoms with Crippen LogP contribution in [0.5, 0.6) is 0 Å². The number of nitrogens with one attached hydrogen (secondary N) is 1. The van der Waals surface area contributed by atoms with Gasteiger partial charge in [0.25, 0.3) is 0 Å². The van der Waals surface area contributed by atoms with Gasteiger partial charge < -0.3 is 14.6 Å². The second kappa shape index (κ2) is 4.65. The third-order valence-electron chi connectivity index (χ3n) is 2.85. The molecule has 2 heterocycles. The smallest absolute Gasteiger partial charge is 0.220 e. The number of rotatable bonds is 2. The standard InChI is InChI=1S/C11H17N3O2/c1-3-9-6-13-11(16-9)10-7-12-4-5-14(10)8(2)15/h6,10,12H,3-5,7H2,1-2H3. The van der Waals surface area contributed by atoms with Gasteiger partial charge in [0, 0.05) is 33.0 Å². The molecule has 1 aliphatic rings. The number of carbonyl (C=O) groups excluding carboxylic acids is 1. The molecule has 1 atom stereocenters. The van der Waals surface area contributed by atoms with Gasteiger partial charge in [0.15, 0.2) is 0 Å². The highest BCUT2D eigenvalue weighted by atomic mass is 16.4. The summed E-state index contributed by atoms with van der Waals surface area (Å²) in [5, 5.41) is 3.25. The first-order valence-electron chi connectivity index (χ1n) is 5.65. The van der Waals surface area contributed by atoms with E-state index in [0.717, 1.165) is 18.7 Å². The van der Waals surface area contributed by atoms with Crippen molar-refractivity contribution in [2.75, 3.05) is 19.6 Å². The van der Waals surface area contributed by atoms with Crippen molar-refractivity contribution in [1.29, 1.82) is 0 Å². The first kappa shape index (κ1) is 11.1. The molecule has 0 aliphatic carbocycles. The van der Waals surface area contributed by atoms with Crippen LogP contribution < -0.4 is 5.32 Å². The van der Waals surface area contributed by atoms with Crippen LogP contribution in [0.4, 0.5) is 0 Å². The van der Waals surface area contributed by atoms with Crippen molar-refractivity contribution in [2.24, 2.45) is 0 Å². The molecule has 1 aromatic rings. The lowest BCUT2D eigenvalue weighted by molar-refractivity contribution is -0.132. The molecule has 0 spiro atoms. The van der Waals surface area contributed by atoms with E-state index in [2.05, 4.69) is 10.3 Å². The number of oxazole rings is 1. The summed E-state index contributed by atoms with van der Waals surface area (Å²) >= 11 is 0. The number of amides is 1. The van der Waals surface area contributed by atoms with E-state index in [1.807, 2.05) is 11.8 Å². The van der Waals surface area contributed by atoms with Gasteiger partial charge in [-0.3, -0.25) is 4.79 Å². The maximum atomic E-state index is 11.5. The zero-order valence-electron chi connectivity index (χ0n) is 9.69. The van der Waals surface area contributed by atoms with Gasteiger partial charge in [0.1, 0.15) is 11.8 Å². The van der Waals surface area contributed by atoms with Gasteiger partial charge in [-0.25, -0.2) is 4.98 Å². The van der Waals surface area contributed by atoms with Crippen molar-refractivity contribution >= 4 is 5.91 Å². The highest BCUT2D eigenvalue weighted by Crippen LogP contribution is 2.22. The minimum atomic E-state index is -0.0634. The highest BCUT2D eigenvalue weighted by Gasteiger charge is 2.29. The SMILES string of the molecule is CCc1cnc(C2CNCCN2C(C)=O)o1. The van der Waals surface area contributed by atoms with Crippen molar-refractivity contribution < 1.29 is 9.21 Å². The van der Waals surface area contributed by atoms with Crippen molar-refractivity contribution in [1.82, 2.24) is 15.2 Å². The number of aromatic nitrogens is 1. The van der Waals surface area contributed by atoms with Crippen molar-refractivity contribution in [3.05, 3.63) is 17.8 Å². The lowest BCUT2D eigenvalue weighted by Gasteiger charge is -2.33. The van der Waals surface area contributed by atoms with E-state index >= 15 is 0 Å². The van der Waals surface area contributed by atoms with Gasteiger partial charge in [0.05, 0.1) is 6.20 Å².